The van der Waals surface area contributed by atoms with Crippen molar-refractivity contribution in [3.8, 4) is 17.2 Å². The summed E-state index contributed by atoms with van der Waals surface area (Å²) < 4.78 is 17.3. The summed E-state index contributed by atoms with van der Waals surface area (Å²) >= 11 is 3.39. The Morgan fingerprint density at radius 1 is 1.00 bits per heavy atom. The van der Waals surface area contributed by atoms with Crippen molar-refractivity contribution in [2.24, 2.45) is 0 Å². The van der Waals surface area contributed by atoms with Crippen molar-refractivity contribution < 1.29 is 14.2 Å². The van der Waals surface area contributed by atoms with Crippen LogP contribution in [0, 0.1) is 0 Å². The second kappa shape index (κ2) is 7.05. The second-order valence-electron chi connectivity index (χ2n) is 4.06. The Morgan fingerprint density at radius 2 is 1.80 bits per heavy atom. The minimum absolute atomic E-state index is 0.407. The Morgan fingerprint density at radius 3 is 2.55 bits per heavy atom. The Balaban J connectivity index is 1.84. The van der Waals surface area contributed by atoms with E-state index in [2.05, 4.69) is 15.9 Å². The van der Waals surface area contributed by atoms with E-state index in [1.807, 2.05) is 24.3 Å². The first-order valence-electron chi connectivity index (χ1n) is 6.14. The summed E-state index contributed by atoms with van der Waals surface area (Å²) in [5, 5.41) is 0. The Hall–Kier alpha value is -1.88. The van der Waals surface area contributed by atoms with E-state index in [4.69, 9.17) is 19.9 Å². The summed E-state index contributed by atoms with van der Waals surface area (Å²) in [7, 11) is 1.60. The largest absolute Gasteiger partial charge is 0.497 e. The lowest BCUT2D eigenvalue weighted by molar-refractivity contribution is 0.217. The molecular weight excluding hydrogens is 322 g/mol. The normalized spacial score (nSPS) is 10.1. The number of rotatable bonds is 6. The molecule has 0 bridgehead atoms. The average molecular weight is 338 g/mol. The van der Waals surface area contributed by atoms with Crippen LogP contribution < -0.4 is 19.9 Å². The maximum absolute atomic E-state index is 5.83. The zero-order chi connectivity index (χ0) is 14.4. The molecule has 106 valence electrons. The topological polar surface area (TPSA) is 53.7 Å². The number of hydrogen-bond acceptors (Lipinski definition) is 4. The molecule has 0 saturated carbocycles. The van der Waals surface area contributed by atoms with Gasteiger partial charge in [-0.1, -0.05) is 22.0 Å². The molecule has 2 N–H and O–H groups in total. The Kier molecular flexibility index (Phi) is 5.12. The van der Waals surface area contributed by atoms with Crippen LogP contribution in [0.2, 0.25) is 0 Å². The third kappa shape index (κ3) is 4.06. The van der Waals surface area contributed by atoms with Crippen LogP contribution in [0.1, 0.15) is 0 Å². The standard InChI is InChI=1S/C15H16BrNO3/c1-18-12-5-6-14(17)15(10-12)20-8-7-19-13-4-2-3-11(16)9-13/h2-6,9-10H,7-8,17H2,1H3. The highest BCUT2D eigenvalue weighted by atomic mass is 79.9. The minimum Gasteiger partial charge on any atom is -0.497 e. The molecule has 2 aromatic carbocycles. The fraction of sp³-hybridized carbons (Fsp3) is 0.200. The van der Waals surface area contributed by atoms with Gasteiger partial charge in [-0.15, -0.1) is 0 Å². The van der Waals surface area contributed by atoms with Crippen molar-refractivity contribution in [1.29, 1.82) is 0 Å². The summed E-state index contributed by atoms with van der Waals surface area (Å²) in [6.45, 7) is 0.844. The molecule has 0 aliphatic heterocycles. The van der Waals surface area contributed by atoms with Crippen molar-refractivity contribution in [1.82, 2.24) is 0 Å². The van der Waals surface area contributed by atoms with E-state index in [-0.39, 0.29) is 0 Å². The highest BCUT2D eigenvalue weighted by Crippen LogP contribution is 2.26. The monoisotopic (exact) mass is 337 g/mol. The van der Waals surface area contributed by atoms with E-state index in [0.717, 1.165) is 10.2 Å². The molecule has 0 unspecified atom stereocenters. The maximum atomic E-state index is 5.83. The molecule has 0 atom stereocenters. The first kappa shape index (κ1) is 14.5. The van der Waals surface area contributed by atoms with E-state index in [9.17, 15) is 0 Å². The van der Waals surface area contributed by atoms with Gasteiger partial charge in [-0.2, -0.15) is 0 Å². The lowest BCUT2D eigenvalue weighted by Crippen LogP contribution is -2.10. The van der Waals surface area contributed by atoms with Gasteiger partial charge in [0.1, 0.15) is 30.5 Å². The predicted molar refractivity (Wildman–Crippen MR) is 82.5 cm³/mol. The number of hydrogen-bond donors (Lipinski definition) is 1. The number of halogens is 1. The van der Waals surface area contributed by atoms with Crippen LogP contribution in [0.5, 0.6) is 17.2 Å². The van der Waals surface area contributed by atoms with E-state index in [1.165, 1.54) is 0 Å². The molecule has 0 aliphatic rings. The number of ether oxygens (including phenoxy) is 3. The maximum Gasteiger partial charge on any atom is 0.146 e. The summed E-state index contributed by atoms with van der Waals surface area (Å²) in [4.78, 5) is 0. The quantitative estimate of drug-likeness (QED) is 0.647. The molecule has 2 rings (SSSR count). The Labute approximate surface area is 126 Å². The van der Waals surface area contributed by atoms with Crippen LogP contribution in [0.4, 0.5) is 5.69 Å². The fourth-order valence-electron chi connectivity index (χ4n) is 1.63. The molecule has 0 amide bonds. The zero-order valence-electron chi connectivity index (χ0n) is 11.1. The van der Waals surface area contributed by atoms with Gasteiger partial charge in [0.2, 0.25) is 0 Å². The lowest BCUT2D eigenvalue weighted by atomic mass is 10.3. The van der Waals surface area contributed by atoms with Crippen molar-refractivity contribution in [2.75, 3.05) is 26.1 Å². The van der Waals surface area contributed by atoms with E-state index >= 15 is 0 Å². The average Bonchev–Trinajstić information content (AvgIpc) is 2.45. The molecule has 0 radical (unpaired) electrons. The molecule has 0 heterocycles. The Bertz CT molecular complexity index is 575. The number of nitrogens with two attached hydrogens (primary N) is 1. The van der Waals surface area contributed by atoms with E-state index in [0.29, 0.717) is 30.4 Å². The number of benzene rings is 2. The fourth-order valence-corrected chi connectivity index (χ4v) is 2.01. The second-order valence-corrected chi connectivity index (χ2v) is 4.97. The summed E-state index contributed by atoms with van der Waals surface area (Å²) in [6.07, 6.45) is 0. The van der Waals surface area contributed by atoms with Gasteiger partial charge in [-0.3, -0.25) is 0 Å². The minimum atomic E-state index is 0.407. The SMILES string of the molecule is COc1ccc(N)c(OCCOc2cccc(Br)c2)c1. The number of methoxy groups -OCH3 is 1. The highest BCUT2D eigenvalue weighted by Gasteiger charge is 2.03. The van der Waals surface area contributed by atoms with Crippen LogP contribution in [0.25, 0.3) is 0 Å². The van der Waals surface area contributed by atoms with Crippen molar-refractivity contribution in [3.63, 3.8) is 0 Å². The summed E-state index contributed by atoms with van der Waals surface area (Å²) in [5.74, 6) is 2.10. The third-order valence-corrected chi connectivity index (χ3v) is 3.12. The van der Waals surface area contributed by atoms with E-state index < -0.39 is 0 Å². The van der Waals surface area contributed by atoms with Gasteiger partial charge in [0.15, 0.2) is 0 Å². The molecular formula is C15H16BrNO3. The van der Waals surface area contributed by atoms with Gasteiger partial charge in [0, 0.05) is 10.5 Å². The molecule has 4 nitrogen and oxygen atoms in total. The van der Waals surface area contributed by atoms with Crippen molar-refractivity contribution in [2.45, 2.75) is 0 Å². The summed E-state index contributed by atoms with van der Waals surface area (Å²) in [5.41, 5.74) is 6.41. The molecule has 5 heteroatoms. The molecule has 0 aliphatic carbocycles. The van der Waals surface area contributed by atoms with Gasteiger partial charge in [-0.05, 0) is 30.3 Å². The van der Waals surface area contributed by atoms with Crippen LogP contribution in [0.15, 0.2) is 46.9 Å². The first-order valence-corrected chi connectivity index (χ1v) is 6.93. The van der Waals surface area contributed by atoms with Crippen molar-refractivity contribution >= 4 is 21.6 Å². The molecule has 20 heavy (non-hydrogen) atoms. The number of nitrogen functional groups attached to an aromatic ring is 1. The van der Waals surface area contributed by atoms with E-state index in [1.54, 1.807) is 25.3 Å². The lowest BCUT2D eigenvalue weighted by Gasteiger charge is -2.11. The predicted octanol–water partition coefficient (Wildman–Crippen LogP) is 3.50. The van der Waals surface area contributed by atoms with Crippen LogP contribution in [0.3, 0.4) is 0 Å². The van der Waals surface area contributed by atoms with Crippen molar-refractivity contribution in [3.05, 3.63) is 46.9 Å². The number of anilines is 1. The molecule has 0 aromatic heterocycles. The molecule has 0 spiro atoms. The highest BCUT2D eigenvalue weighted by molar-refractivity contribution is 9.10. The smallest absolute Gasteiger partial charge is 0.146 e. The van der Waals surface area contributed by atoms with Gasteiger partial charge in [0.05, 0.1) is 12.8 Å². The zero-order valence-corrected chi connectivity index (χ0v) is 12.7. The van der Waals surface area contributed by atoms with Gasteiger partial charge < -0.3 is 19.9 Å². The van der Waals surface area contributed by atoms with Gasteiger partial charge in [0.25, 0.3) is 0 Å². The third-order valence-electron chi connectivity index (χ3n) is 2.63. The van der Waals surface area contributed by atoms with Gasteiger partial charge in [-0.25, -0.2) is 0 Å². The summed E-state index contributed by atoms with van der Waals surface area (Å²) in [6, 6.07) is 13.0. The molecule has 2 aromatic rings. The molecule has 0 saturated heterocycles. The molecule has 0 fully saturated rings. The van der Waals surface area contributed by atoms with Crippen LogP contribution in [-0.4, -0.2) is 20.3 Å². The van der Waals surface area contributed by atoms with Crippen LogP contribution >= 0.6 is 15.9 Å². The first-order chi connectivity index (χ1) is 9.69. The van der Waals surface area contributed by atoms with Gasteiger partial charge >= 0.3 is 0 Å². The van der Waals surface area contributed by atoms with Crippen LogP contribution in [-0.2, 0) is 0 Å².